The van der Waals surface area contributed by atoms with Crippen molar-refractivity contribution in [2.75, 3.05) is 0 Å². The summed E-state index contributed by atoms with van der Waals surface area (Å²) in [4.78, 5) is 20.4. The van der Waals surface area contributed by atoms with Crippen LogP contribution in [0.5, 0.6) is 0 Å². The van der Waals surface area contributed by atoms with Crippen molar-refractivity contribution in [2.45, 2.75) is 13.0 Å². The molecule has 0 saturated carbocycles. The first-order valence-electron chi connectivity index (χ1n) is 9.53. The van der Waals surface area contributed by atoms with Crippen LogP contribution in [0.3, 0.4) is 0 Å². The number of benzene rings is 3. The number of aromatic nitrogens is 2. The molecule has 0 unspecified atom stereocenters. The second-order valence-corrected chi connectivity index (χ2v) is 6.99. The Labute approximate surface area is 167 Å². The molecule has 0 spiro atoms. The van der Waals surface area contributed by atoms with Crippen molar-refractivity contribution in [1.29, 1.82) is 0 Å². The molecule has 142 valence electrons. The molecule has 0 saturated heterocycles. The van der Waals surface area contributed by atoms with Crippen LogP contribution in [0.2, 0.25) is 0 Å². The maximum absolute atomic E-state index is 12.7. The van der Waals surface area contributed by atoms with Crippen LogP contribution in [0.25, 0.3) is 22.0 Å². The van der Waals surface area contributed by atoms with Gasteiger partial charge in [-0.3, -0.25) is 4.79 Å². The molecule has 0 aliphatic carbocycles. The fraction of sp³-hybridized carbons (Fsp3) is 0.0833. The Morgan fingerprint density at radius 3 is 2.79 bits per heavy atom. The van der Waals surface area contributed by atoms with Crippen molar-refractivity contribution in [2.24, 2.45) is 0 Å². The van der Waals surface area contributed by atoms with Crippen molar-refractivity contribution < 1.29 is 9.21 Å². The maximum atomic E-state index is 12.7. The lowest BCUT2D eigenvalue weighted by atomic mass is 10.1. The van der Waals surface area contributed by atoms with E-state index in [4.69, 9.17) is 4.42 Å². The number of hydrogen-bond acceptors (Lipinski definition) is 3. The number of nitrogens with zero attached hydrogens (tertiary/aromatic N) is 1. The third-order valence-corrected chi connectivity index (χ3v) is 5.02. The number of H-pyrrole nitrogens is 1. The quantitative estimate of drug-likeness (QED) is 0.458. The molecule has 0 aliphatic heterocycles. The Kier molecular flexibility index (Phi) is 4.33. The van der Waals surface area contributed by atoms with Gasteiger partial charge < -0.3 is 14.7 Å². The predicted molar refractivity (Wildman–Crippen MR) is 113 cm³/mol. The average Bonchev–Trinajstić information content (AvgIpc) is 3.38. The van der Waals surface area contributed by atoms with Crippen LogP contribution < -0.4 is 5.32 Å². The van der Waals surface area contributed by atoms with Crippen molar-refractivity contribution in [3.8, 4) is 0 Å². The highest BCUT2D eigenvalue weighted by molar-refractivity contribution is 5.97. The van der Waals surface area contributed by atoms with Crippen molar-refractivity contribution in [1.82, 2.24) is 15.3 Å². The molecule has 3 aromatic carbocycles. The number of rotatable bonds is 5. The van der Waals surface area contributed by atoms with E-state index < -0.39 is 0 Å². The fourth-order valence-corrected chi connectivity index (χ4v) is 3.54. The summed E-state index contributed by atoms with van der Waals surface area (Å²) in [5.74, 6) is 0.509. The van der Waals surface area contributed by atoms with E-state index in [9.17, 15) is 4.79 Å². The number of fused-ring (bicyclic) bond motifs is 2. The summed E-state index contributed by atoms with van der Waals surface area (Å²) in [7, 11) is 0. The van der Waals surface area contributed by atoms with E-state index in [0.717, 1.165) is 22.0 Å². The second-order valence-electron chi connectivity index (χ2n) is 6.99. The molecule has 0 radical (unpaired) electrons. The summed E-state index contributed by atoms with van der Waals surface area (Å²) in [5, 5.41) is 4.11. The normalized spacial score (nSPS) is 11.2. The summed E-state index contributed by atoms with van der Waals surface area (Å²) in [6, 6.07) is 23.4. The number of carbonyl (C=O) groups is 1. The van der Waals surface area contributed by atoms with Gasteiger partial charge in [0, 0.05) is 35.6 Å². The monoisotopic (exact) mass is 381 g/mol. The largest absolute Gasteiger partial charge is 0.440 e. The van der Waals surface area contributed by atoms with E-state index >= 15 is 0 Å². The maximum Gasteiger partial charge on any atom is 0.251 e. The van der Waals surface area contributed by atoms with Gasteiger partial charge in [0.2, 0.25) is 0 Å². The molecule has 0 fully saturated rings. The third-order valence-electron chi connectivity index (χ3n) is 5.02. The second kappa shape index (κ2) is 7.28. The number of aromatic amines is 1. The van der Waals surface area contributed by atoms with Gasteiger partial charge in [0.15, 0.2) is 11.5 Å². The van der Waals surface area contributed by atoms with E-state index in [1.807, 2.05) is 60.8 Å². The van der Waals surface area contributed by atoms with Crippen LogP contribution in [0, 0.1) is 0 Å². The van der Waals surface area contributed by atoms with E-state index in [2.05, 4.69) is 15.3 Å². The van der Waals surface area contributed by atoms with E-state index in [1.54, 1.807) is 18.2 Å². The zero-order valence-electron chi connectivity index (χ0n) is 15.7. The van der Waals surface area contributed by atoms with Crippen molar-refractivity contribution in [3.63, 3.8) is 0 Å². The third kappa shape index (κ3) is 3.50. The van der Waals surface area contributed by atoms with Crippen LogP contribution >= 0.6 is 0 Å². The predicted octanol–water partition coefficient (Wildman–Crippen LogP) is 4.83. The lowest BCUT2D eigenvalue weighted by Crippen LogP contribution is -2.22. The lowest BCUT2D eigenvalue weighted by Gasteiger charge is -2.06. The van der Waals surface area contributed by atoms with Crippen LogP contribution in [-0.4, -0.2) is 15.9 Å². The summed E-state index contributed by atoms with van der Waals surface area (Å²) in [6.07, 6.45) is 2.53. The zero-order chi connectivity index (χ0) is 19.6. The average molecular weight is 381 g/mol. The first-order valence-corrected chi connectivity index (χ1v) is 9.53. The summed E-state index contributed by atoms with van der Waals surface area (Å²) in [5.41, 5.74) is 5.21. The van der Waals surface area contributed by atoms with Gasteiger partial charge in [-0.2, -0.15) is 0 Å². The Hall–Kier alpha value is -3.86. The molecule has 29 heavy (non-hydrogen) atoms. The topological polar surface area (TPSA) is 70.9 Å². The molecule has 1 amide bonds. The first-order chi connectivity index (χ1) is 14.3. The Balaban J connectivity index is 1.33. The standard InChI is InChI=1S/C24H19N3O2/c28-24(26-15-18-7-4-8-20-19(18)11-12-25-20)17-9-10-22-21(14-17)27-23(29-22)13-16-5-2-1-3-6-16/h1-12,14,25H,13,15H2,(H,26,28). The van der Waals surface area contributed by atoms with Crippen LogP contribution in [0.4, 0.5) is 0 Å². The van der Waals surface area contributed by atoms with Gasteiger partial charge in [-0.05, 0) is 41.5 Å². The van der Waals surface area contributed by atoms with Gasteiger partial charge >= 0.3 is 0 Å². The highest BCUT2D eigenvalue weighted by Crippen LogP contribution is 2.20. The first kappa shape index (κ1) is 17.3. The molecule has 5 aromatic rings. The Morgan fingerprint density at radius 2 is 1.90 bits per heavy atom. The molecule has 2 aromatic heterocycles. The highest BCUT2D eigenvalue weighted by Gasteiger charge is 2.12. The molecule has 5 heteroatoms. The van der Waals surface area contributed by atoms with Gasteiger partial charge in [-0.1, -0.05) is 42.5 Å². The summed E-state index contributed by atoms with van der Waals surface area (Å²) >= 11 is 0. The minimum atomic E-state index is -0.132. The summed E-state index contributed by atoms with van der Waals surface area (Å²) < 4.78 is 5.83. The number of hydrogen-bond donors (Lipinski definition) is 2. The molecular formula is C24H19N3O2. The minimum absolute atomic E-state index is 0.132. The molecule has 5 nitrogen and oxygen atoms in total. The Morgan fingerprint density at radius 1 is 1.00 bits per heavy atom. The zero-order valence-corrected chi connectivity index (χ0v) is 15.7. The van der Waals surface area contributed by atoms with Gasteiger partial charge in [-0.15, -0.1) is 0 Å². The minimum Gasteiger partial charge on any atom is -0.440 e. The van der Waals surface area contributed by atoms with Crippen LogP contribution in [0.15, 0.2) is 83.4 Å². The number of carbonyl (C=O) groups excluding carboxylic acids is 1. The van der Waals surface area contributed by atoms with E-state index in [-0.39, 0.29) is 5.91 Å². The van der Waals surface area contributed by atoms with Gasteiger partial charge in [0.05, 0.1) is 0 Å². The number of oxazole rings is 1. The molecule has 0 aliphatic rings. The highest BCUT2D eigenvalue weighted by atomic mass is 16.3. The summed E-state index contributed by atoms with van der Waals surface area (Å²) in [6.45, 7) is 0.462. The fourth-order valence-electron chi connectivity index (χ4n) is 3.54. The molecule has 0 bridgehead atoms. The molecule has 2 N–H and O–H groups in total. The van der Waals surface area contributed by atoms with Gasteiger partial charge in [-0.25, -0.2) is 4.98 Å². The Bertz CT molecular complexity index is 1300. The van der Waals surface area contributed by atoms with E-state index in [1.165, 1.54) is 0 Å². The van der Waals surface area contributed by atoms with Crippen molar-refractivity contribution >= 4 is 27.9 Å². The lowest BCUT2D eigenvalue weighted by molar-refractivity contribution is 0.0951. The molecule has 5 rings (SSSR count). The SMILES string of the molecule is O=C(NCc1cccc2[nH]ccc12)c1ccc2oc(Cc3ccccc3)nc2c1. The molecular weight excluding hydrogens is 362 g/mol. The molecule has 2 heterocycles. The van der Waals surface area contributed by atoms with Gasteiger partial charge in [0.25, 0.3) is 5.91 Å². The molecule has 0 atom stereocenters. The van der Waals surface area contributed by atoms with Crippen molar-refractivity contribution in [3.05, 3.63) is 102 Å². The van der Waals surface area contributed by atoms with E-state index in [0.29, 0.717) is 35.5 Å². The van der Waals surface area contributed by atoms with Crippen LogP contribution in [-0.2, 0) is 13.0 Å². The van der Waals surface area contributed by atoms with Gasteiger partial charge in [0.1, 0.15) is 5.52 Å². The number of nitrogens with one attached hydrogen (secondary N) is 2. The number of amides is 1. The van der Waals surface area contributed by atoms with Crippen LogP contribution in [0.1, 0.15) is 27.4 Å². The smallest absolute Gasteiger partial charge is 0.251 e.